The van der Waals surface area contributed by atoms with Crippen LogP contribution in [0.15, 0.2) is 48.5 Å². The molecule has 6 rings (SSSR count). The van der Waals surface area contributed by atoms with Crippen LogP contribution in [0.1, 0.15) is 36.8 Å². The van der Waals surface area contributed by atoms with Crippen LogP contribution in [-0.4, -0.2) is 139 Å². The first-order chi connectivity index (χ1) is 24.9. The Labute approximate surface area is 340 Å². The van der Waals surface area contributed by atoms with Crippen molar-refractivity contribution in [3.63, 3.8) is 0 Å². The molecule has 312 valence electrons. The van der Waals surface area contributed by atoms with Crippen LogP contribution in [0, 0.1) is 0 Å². The van der Waals surface area contributed by atoms with Crippen molar-refractivity contribution >= 4 is 71.5 Å². The van der Waals surface area contributed by atoms with E-state index in [-0.39, 0.29) is 42.1 Å². The van der Waals surface area contributed by atoms with E-state index in [2.05, 4.69) is 9.80 Å². The zero-order chi connectivity index (χ0) is 37.1. The fourth-order valence-electron chi connectivity index (χ4n) is 6.68. The molecule has 2 aromatic carbocycles. The number of halogens is 8. The molecule has 4 fully saturated rings. The number of amides is 2. The molecule has 9 nitrogen and oxygen atoms in total. The summed E-state index contributed by atoms with van der Waals surface area (Å²) in [6.45, 7) is 9.99. The van der Waals surface area contributed by atoms with Crippen LogP contribution < -0.4 is 9.80 Å². The average Bonchev–Trinajstić information content (AvgIpc) is 3.75. The van der Waals surface area contributed by atoms with E-state index in [1.165, 1.54) is 24.3 Å². The SMILES string of the molecule is Cl.Cl.O.O=C1CSCN1CCCCN1CCN(c2cccc(C(F)(F)F)c2)CC1.O=C1CSCN1CCCCN1CCN(c2cccc(C(F)(F)F)c2)CC1. The Morgan fingerprint density at radius 1 is 0.527 bits per heavy atom. The molecule has 2 amide bonds. The van der Waals surface area contributed by atoms with Crippen LogP contribution in [0.5, 0.6) is 0 Å². The minimum absolute atomic E-state index is 0. The fraction of sp³-hybridized carbons (Fsp3) is 0.611. The van der Waals surface area contributed by atoms with Gasteiger partial charge < -0.3 is 25.1 Å². The van der Waals surface area contributed by atoms with Gasteiger partial charge in [-0.1, -0.05) is 12.1 Å². The molecule has 2 N–H and O–H groups in total. The molecule has 4 aliphatic rings. The minimum Gasteiger partial charge on any atom is -0.412 e. The number of anilines is 2. The second kappa shape index (κ2) is 23.2. The lowest BCUT2D eigenvalue weighted by Gasteiger charge is -2.36. The van der Waals surface area contributed by atoms with Crippen LogP contribution in [-0.2, 0) is 21.9 Å². The molecule has 19 heteroatoms. The number of carbonyl (C=O) groups excluding carboxylic acids is 2. The van der Waals surface area contributed by atoms with Gasteiger partial charge in [0, 0.05) is 76.8 Å². The molecular weight excluding hydrogens is 813 g/mol. The normalized spacial score (nSPS) is 18.4. The molecule has 4 saturated heterocycles. The number of piperazine rings is 2. The van der Waals surface area contributed by atoms with Crippen molar-refractivity contribution in [1.82, 2.24) is 19.6 Å². The largest absolute Gasteiger partial charge is 0.416 e. The molecule has 0 bridgehead atoms. The van der Waals surface area contributed by atoms with Gasteiger partial charge in [-0.15, -0.1) is 48.3 Å². The summed E-state index contributed by atoms with van der Waals surface area (Å²) in [5, 5.41) is 0. The number of alkyl halides is 6. The van der Waals surface area contributed by atoms with Crippen LogP contribution in [0.3, 0.4) is 0 Å². The molecule has 0 radical (unpaired) electrons. The number of benzene rings is 2. The molecule has 0 atom stereocenters. The van der Waals surface area contributed by atoms with Crippen LogP contribution in [0.4, 0.5) is 37.7 Å². The summed E-state index contributed by atoms with van der Waals surface area (Å²) < 4.78 is 77.1. The Balaban J connectivity index is 0.000000360. The van der Waals surface area contributed by atoms with Gasteiger partial charge in [0.25, 0.3) is 0 Å². The molecule has 0 spiro atoms. The van der Waals surface area contributed by atoms with Gasteiger partial charge in [0.2, 0.25) is 11.8 Å². The van der Waals surface area contributed by atoms with E-state index < -0.39 is 23.5 Å². The highest BCUT2D eigenvalue weighted by molar-refractivity contribution is 8.00. The monoisotopic (exact) mass is 864 g/mol. The number of rotatable bonds is 12. The molecule has 0 aliphatic carbocycles. The first-order valence-corrected chi connectivity index (χ1v) is 20.2. The second-order valence-corrected chi connectivity index (χ2v) is 15.3. The van der Waals surface area contributed by atoms with E-state index >= 15 is 0 Å². The lowest BCUT2D eigenvalue weighted by molar-refractivity contribution is -0.138. The third-order valence-corrected chi connectivity index (χ3v) is 11.7. The lowest BCUT2D eigenvalue weighted by Crippen LogP contribution is -2.46. The number of nitrogens with zero attached hydrogens (tertiary/aromatic N) is 6. The average molecular weight is 866 g/mol. The predicted octanol–water partition coefficient (Wildman–Crippen LogP) is 6.30. The Morgan fingerprint density at radius 3 is 1.18 bits per heavy atom. The highest BCUT2D eigenvalue weighted by atomic mass is 35.5. The van der Waals surface area contributed by atoms with Gasteiger partial charge >= 0.3 is 12.4 Å². The van der Waals surface area contributed by atoms with Crippen molar-refractivity contribution in [2.45, 2.75) is 38.0 Å². The minimum atomic E-state index is -4.30. The Hall–Kier alpha value is -2.28. The Bertz CT molecular complexity index is 1360. The van der Waals surface area contributed by atoms with Gasteiger partial charge in [-0.2, -0.15) is 26.3 Å². The molecule has 4 aliphatic heterocycles. The number of hydrogen-bond donors (Lipinski definition) is 0. The number of thioether (sulfide) groups is 2. The zero-order valence-electron chi connectivity index (χ0n) is 30.7. The third-order valence-electron chi connectivity index (χ3n) is 9.78. The van der Waals surface area contributed by atoms with Crippen molar-refractivity contribution in [3.8, 4) is 0 Å². The van der Waals surface area contributed by atoms with Gasteiger partial charge in [-0.3, -0.25) is 19.4 Å². The summed E-state index contributed by atoms with van der Waals surface area (Å²) in [5.74, 6) is 3.33. The maximum absolute atomic E-state index is 12.9. The van der Waals surface area contributed by atoms with Gasteiger partial charge in [0.05, 0.1) is 34.4 Å². The van der Waals surface area contributed by atoms with E-state index in [0.717, 1.165) is 128 Å². The van der Waals surface area contributed by atoms with E-state index in [9.17, 15) is 35.9 Å². The van der Waals surface area contributed by atoms with E-state index in [4.69, 9.17) is 0 Å². The summed E-state index contributed by atoms with van der Waals surface area (Å²) in [6.07, 6.45) is -4.52. The highest BCUT2D eigenvalue weighted by Crippen LogP contribution is 2.33. The van der Waals surface area contributed by atoms with Crippen LogP contribution in [0.2, 0.25) is 0 Å². The van der Waals surface area contributed by atoms with Gasteiger partial charge in [0.15, 0.2) is 0 Å². The summed E-state index contributed by atoms with van der Waals surface area (Å²) in [4.78, 5) is 35.7. The standard InChI is InChI=1S/2C18H24F3N3OS.2ClH.H2O/c2*19-18(20,21)15-4-3-5-16(12-15)23-10-8-22(9-11-23)6-1-2-7-24-14-26-13-17(24)25;;;/h2*3-5,12H,1-2,6-11,13-14H2;2*1H;1H2. The highest BCUT2D eigenvalue weighted by Gasteiger charge is 2.32. The molecular formula is C36H52Cl2F6N6O3S2. The lowest BCUT2D eigenvalue weighted by atomic mass is 10.1. The van der Waals surface area contributed by atoms with Crippen molar-refractivity contribution in [2.75, 3.05) is 112 Å². The molecule has 0 aromatic heterocycles. The van der Waals surface area contributed by atoms with Crippen LogP contribution in [0.25, 0.3) is 0 Å². The third kappa shape index (κ3) is 15.2. The number of hydrogen-bond acceptors (Lipinski definition) is 8. The second-order valence-electron chi connectivity index (χ2n) is 13.4. The van der Waals surface area contributed by atoms with Crippen molar-refractivity contribution in [3.05, 3.63) is 59.7 Å². The first-order valence-electron chi connectivity index (χ1n) is 17.9. The van der Waals surface area contributed by atoms with E-state index in [1.807, 2.05) is 19.6 Å². The molecule has 0 saturated carbocycles. The topological polar surface area (TPSA) is 85.1 Å². The van der Waals surface area contributed by atoms with Gasteiger partial charge in [-0.25, -0.2) is 0 Å². The van der Waals surface area contributed by atoms with E-state index in [1.54, 1.807) is 35.7 Å². The molecule has 2 aromatic rings. The Kier molecular flexibility index (Phi) is 20.6. The predicted molar refractivity (Wildman–Crippen MR) is 215 cm³/mol. The Morgan fingerprint density at radius 2 is 0.873 bits per heavy atom. The van der Waals surface area contributed by atoms with E-state index in [0.29, 0.717) is 22.9 Å². The molecule has 0 unspecified atom stereocenters. The van der Waals surface area contributed by atoms with Gasteiger partial charge in [-0.05, 0) is 75.2 Å². The zero-order valence-corrected chi connectivity index (χ0v) is 33.9. The number of unbranched alkanes of at least 4 members (excludes halogenated alkanes) is 2. The first kappa shape index (κ1) is 48.9. The fourth-order valence-corrected chi connectivity index (χ4v) is 8.57. The molecule has 4 heterocycles. The van der Waals surface area contributed by atoms with Crippen molar-refractivity contribution in [2.24, 2.45) is 0 Å². The maximum Gasteiger partial charge on any atom is 0.416 e. The van der Waals surface area contributed by atoms with Crippen molar-refractivity contribution < 1.29 is 41.4 Å². The molecule has 55 heavy (non-hydrogen) atoms. The summed E-state index contributed by atoms with van der Waals surface area (Å²) in [7, 11) is 0. The summed E-state index contributed by atoms with van der Waals surface area (Å²) in [6, 6.07) is 11.1. The number of carbonyl (C=O) groups is 2. The van der Waals surface area contributed by atoms with Gasteiger partial charge in [0.1, 0.15) is 0 Å². The van der Waals surface area contributed by atoms with Crippen LogP contribution >= 0.6 is 48.3 Å². The summed E-state index contributed by atoms with van der Waals surface area (Å²) >= 11 is 3.33. The smallest absolute Gasteiger partial charge is 0.412 e. The maximum atomic E-state index is 12.9. The quantitative estimate of drug-likeness (QED) is 0.182. The summed E-state index contributed by atoms with van der Waals surface area (Å²) in [5.41, 5.74) is 0.105. The van der Waals surface area contributed by atoms with Crippen molar-refractivity contribution in [1.29, 1.82) is 0 Å².